The summed E-state index contributed by atoms with van der Waals surface area (Å²) in [5.74, 6) is 0.932. The van der Waals surface area contributed by atoms with Gasteiger partial charge >= 0.3 is 0 Å². The topological polar surface area (TPSA) is 67.9 Å². The van der Waals surface area contributed by atoms with Gasteiger partial charge in [-0.3, -0.25) is 9.59 Å². The molecule has 1 aliphatic heterocycles. The summed E-state index contributed by atoms with van der Waals surface area (Å²) in [5.41, 5.74) is 1.76. The Labute approximate surface area is 177 Å². The fraction of sp³-hybridized carbons (Fsp3) is 0.333. The van der Waals surface area contributed by atoms with E-state index in [9.17, 15) is 9.59 Å². The Hall–Kier alpha value is -3.28. The van der Waals surface area contributed by atoms with E-state index in [4.69, 9.17) is 9.47 Å². The normalized spacial score (nSPS) is 14.5. The van der Waals surface area contributed by atoms with Crippen LogP contribution in [0.4, 0.5) is 0 Å². The minimum atomic E-state index is -0.597. The van der Waals surface area contributed by atoms with Crippen LogP contribution < -0.4 is 14.8 Å². The number of carbonyl (C=O) groups excluding carboxylic acids is 2. The second-order valence-corrected chi connectivity index (χ2v) is 7.22. The molecule has 1 heterocycles. The van der Waals surface area contributed by atoms with Crippen molar-refractivity contribution in [1.29, 1.82) is 0 Å². The zero-order valence-electron chi connectivity index (χ0n) is 17.5. The average Bonchev–Trinajstić information content (AvgIpc) is 3.32. The van der Waals surface area contributed by atoms with Crippen molar-refractivity contribution in [2.24, 2.45) is 0 Å². The Morgan fingerprint density at radius 1 is 1.07 bits per heavy atom. The quantitative estimate of drug-likeness (QED) is 0.682. The van der Waals surface area contributed by atoms with Crippen molar-refractivity contribution in [3.63, 3.8) is 0 Å². The molecule has 30 heavy (non-hydrogen) atoms. The number of carbonyl (C=O) groups is 2. The Balaban J connectivity index is 1.72. The summed E-state index contributed by atoms with van der Waals surface area (Å²) in [6.45, 7) is 1.50. The van der Waals surface area contributed by atoms with Gasteiger partial charge in [-0.05, 0) is 36.6 Å². The first-order valence-electron chi connectivity index (χ1n) is 10.1. The van der Waals surface area contributed by atoms with Crippen molar-refractivity contribution >= 4 is 17.9 Å². The monoisotopic (exact) mass is 408 g/mol. The lowest BCUT2D eigenvalue weighted by molar-refractivity contribution is -0.134. The predicted octanol–water partition coefficient (Wildman–Crippen LogP) is 3.07. The molecule has 1 fully saturated rings. The lowest BCUT2D eigenvalue weighted by Crippen LogP contribution is -2.48. The van der Waals surface area contributed by atoms with E-state index >= 15 is 0 Å². The van der Waals surface area contributed by atoms with Crippen molar-refractivity contribution in [3.05, 3.63) is 65.7 Å². The van der Waals surface area contributed by atoms with E-state index in [1.54, 1.807) is 32.4 Å². The number of nitrogens with one attached hydrogen (secondary N) is 1. The number of rotatable bonds is 8. The number of nitrogens with zero attached hydrogens (tertiary/aromatic N) is 1. The van der Waals surface area contributed by atoms with Crippen LogP contribution in [0.3, 0.4) is 0 Å². The van der Waals surface area contributed by atoms with E-state index in [0.717, 1.165) is 37.1 Å². The Bertz CT molecular complexity index is 889. The molecule has 1 aliphatic rings. The van der Waals surface area contributed by atoms with E-state index in [0.29, 0.717) is 17.9 Å². The van der Waals surface area contributed by atoms with Gasteiger partial charge in [-0.15, -0.1) is 0 Å². The number of amides is 2. The van der Waals surface area contributed by atoms with Gasteiger partial charge in [0.15, 0.2) is 0 Å². The van der Waals surface area contributed by atoms with Gasteiger partial charge in [-0.1, -0.05) is 30.3 Å². The van der Waals surface area contributed by atoms with Crippen LogP contribution in [0.5, 0.6) is 11.5 Å². The summed E-state index contributed by atoms with van der Waals surface area (Å²) in [6, 6.07) is 14.5. The third-order valence-electron chi connectivity index (χ3n) is 5.17. The maximum Gasteiger partial charge on any atom is 0.245 e. The van der Waals surface area contributed by atoms with E-state index in [1.807, 2.05) is 41.3 Å². The van der Waals surface area contributed by atoms with Crippen LogP contribution in [0.2, 0.25) is 0 Å². The van der Waals surface area contributed by atoms with Crippen LogP contribution in [0.15, 0.2) is 54.6 Å². The fourth-order valence-electron chi connectivity index (χ4n) is 3.55. The Kier molecular flexibility index (Phi) is 7.49. The third-order valence-corrected chi connectivity index (χ3v) is 5.17. The van der Waals surface area contributed by atoms with Crippen LogP contribution in [-0.2, 0) is 16.0 Å². The fourth-order valence-corrected chi connectivity index (χ4v) is 3.55. The van der Waals surface area contributed by atoms with Gasteiger partial charge in [0.25, 0.3) is 0 Å². The summed E-state index contributed by atoms with van der Waals surface area (Å²) in [5, 5.41) is 2.89. The largest absolute Gasteiger partial charge is 0.497 e. The highest BCUT2D eigenvalue weighted by atomic mass is 16.5. The first-order valence-corrected chi connectivity index (χ1v) is 10.1. The first kappa shape index (κ1) is 21.4. The molecule has 0 spiro atoms. The second-order valence-electron chi connectivity index (χ2n) is 7.22. The number of hydrogen-bond donors (Lipinski definition) is 1. The summed E-state index contributed by atoms with van der Waals surface area (Å²) in [7, 11) is 3.15. The molecule has 1 saturated heterocycles. The van der Waals surface area contributed by atoms with Crippen LogP contribution in [0, 0.1) is 0 Å². The van der Waals surface area contributed by atoms with Gasteiger partial charge in [0, 0.05) is 37.2 Å². The van der Waals surface area contributed by atoms with E-state index < -0.39 is 6.04 Å². The molecule has 1 N–H and O–H groups in total. The maximum absolute atomic E-state index is 13.0. The lowest BCUT2D eigenvalue weighted by atomic mass is 10.0. The summed E-state index contributed by atoms with van der Waals surface area (Å²) >= 11 is 0. The minimum absolute atomic E-state index is 0.0277. The lowest BCUT2D eigenvalue weighted by Gasteiger charge is -2.23. The smallest absolute Gasteiger partial charge is 0.245 e. The standard InChI is InChI=1S/C24H28N2O4/c1-29-20-12-10-19(22(17-20)30-2)11-13-23(27)25-21(16-18-8-4-3-5-9-18)24(28)26-14-6-7-15-26/h3-5,8-13,17,21H,6-7,14-16H2,1-2H3,(H,25,27). The van der Waals surface area contributed by atoms with Gasteiger partial charge in [-0.2, -0.15) is 0 Å². The highest BCUT2D eigenvalue weighted by Gasteiger charge is 2.27. The van der Waals surface area contributed by atoms with Gasteiger partial charge in [0.1, 0.15) is 17.5 Å². The van der Waals surface area contributed by atoms with E-state index in [1.165, 1.54) is 6.08 Å². The van der Waals surface area contributed by atoms with Gasteiger partial charge in [0.2, 0.25) is 11.8 Å². The maximum atomic E-state index is 13.0. The summed E-state index contributed by atoms with van der Waals surface area (Å²) < 4.78 is 10.6. The average molecular weight is 408 g/mol. The molecule has 0 aliphatic carbocycles. The number of hydrogen-bond acceptors (Lipinski definition) is 4. The molecule has 158 valence electrons. The van der Waals surface area contributed by atoms with Crippen molar-refractivity contribution in [2.45, 2.75) is 25.3 Å². The molecule has 6 nitrogen and oxygen atoms in total. The molecule has 0 bridgehead atoms. The van der Waals surface area contributed by atoms with Gasteiger partial charge in [-0.25, -0.2) is 0 Å². The van der Waals surface area contributed by atoms with Crippen LogP contribution in [0.25, 0.3) is 6.08 Å². The molecule has 1 atom stereocenters. The SMILES string of the molecule is COc1ccc(C=CC(=O)NC(Cc2ccccc2)C(=O)N2CCCC2)c(OC)c1. The van der Waals surface area contributed by atoms with Gasteiger partial charge in [0.05, 0.1) is 14.2 Å². The highest BCUT2D eigenvalue weighted by molar-refractivity contribution is 5.96. The molecule has 2 aromatic carbocycles. The van der Waals surface area contributed by atoms with E-state index in [2.05, 4.69) is 5.32 Å². The summed E-state index contributed by atoms with van der Waals surface area (Å²) in [4.78, 5) is 27.4. The first-order chi connectivity index (χ1) is 14.6. The van der Waals surface area contributed by atoms with Crippen molar-refractivity contribution in [1.82, 2.24) is 10.2 Å². The molecule has 1 unspecified atom stereocenters. The van der Waals surface area contributed by atoms with Crippen molar-refractivity contribution in [2.75, 3.05) is 27.3 Å². The van der Waals surface area contributed by atoms with Crippen LogP contribution >= 0.6 is 0 Å². The van der Waals surface area contributed by atoms with E-state index in [-0.39, 0.29) is 11.8 Å². The molecule has 0 aromatic heterocycles. The number of methoxy groups -OCH3 is 2. The van der Waals surface area contributed by atoms with Crippen molar-refractivity contribution in [3.8, 4) is 11.5 Å². The second kappa shape index (κ2) is 10.5. The number of ether oxygens (including phenoxy) is 2. The molecule has 2 aromatic rings. The zero-order chi connectivity index (χ0) is 21.3. The third kappa shape index (κ3) is 5.63. The molecule has 3 rings (SSSR count). The van der Waals surface area contributed by atoms with Crippen LogP contribution in [-0.4, -0.2) is 50.1 Å². The number of benzene rings is 2. The Morgan fingerprint density at radius 3 is 2.47 bits per heavy atom. The summed E-state index contributed by atoms with van der Waals surface area (Å²) in [6.07, 6.45) is 5.58. The van der Waals surface area contributed by atoms with Gasteiger partial charge < -0.3 is 19.7 Å². The van der Waals surface area contributed by atoms with Crippen LogP contribution in [0.1, 0.15) is 24.0 Å². The molecule has 0 radical (unpaired) electrons. The minimum Gasteiger partial charge on any atom is -0.497 e. The number of likely N-dealkylation sites (tertiary alicyclic amines) is 1. The molecule has 6 heteroatoms. The molecular weight excluding hydrogens is 380 g/mol. The Morgan fingerprint density at radius 2 is 1.80 bits per heavy atom. The molecular formula is C24H28N2O4. The molecule has 0 saturated carbocycles. The molecule has 2 amide bonds. The predicted molar refractivity (Wildman–Crippen MR) is 116 cm³/mol. The highest BCUT2D eigenvalue weighted by Crippen LogP contribution is 2.25. The van der Waals surface area contributed by atoms with Crippen molar-refractivity contribution < 1.29 is 19.1 Å². The zero-order valence-corrected chi connectivity index (χ0v) is 17.5.